The van der Waals surface area contributed by atoms with E-state index in [4.69, 9.17) is 5.73 Å². The molecular weight excluding hydrogens is 308 g/mol. The lowest BCUT2D eigenvalue weighted by Crippen LogP contribution is -2.46. The van der Waals surface area contributed by atoms with E-state index in [-0.39, 0.29) is 11.3 Å². The number of thiazole rings is 1. The molecule has 3 N–H and O–H groups in total. The van der Waals surface area contributed by atoms with Crippen molar-refractivity contribution in [1.29, 1.82) is 0 Å². The minimum Gasteiger partial charge on any atom is -0.354 e. The minimum absolute atomic E-state index is 0.0610. The highest BCUT2D eigenvalue weighted by Gasteiger charge is 2.24. The van der Waals surface area contributed by atoms with Gasteiger partial charge in [0.05, 0.1) is 5.01 Å². The number of piperidine rings is 1. The Balaban J connectivity index is 1.93. The van der Waals surface area contributed by atoms with Crippen LogP contribution in [0.5, 0.6) is 0 Å². The molecule has 130 valence electrons. The molecule has 0 aromatic carbocycles. The van der Waals surface area contributed by atoms with Crippen molar-refractivity contribution in [2.24, 2.45) is 5.73 Å². The van der Waals surface area contributed by atoms with Gasteiger partial charge in [0.15, 0.2) is 0 Å². The van der Waals surface area contributed by atoms with Crippen molar-refractivity contribution in [2.45, 2.75) is 64.5 Å². The molecule has 2 heterocycles. The number of aromatic nitrogens is 1. The van der Waals surface area contributed by atoms with Crippen molar-refractivity contribution < 1.29 is 4.79 Å². The molecule has 1 atom stereocenters. The molecule has 1 aromatic rings. The van der Waals surface area contributed by atoms with E-state index in [0.717, 1.165) is 26.1 Å². The topological polar surface area (TPSA) is 71.2 Å². The molecule has 23 heavy (non-hydrogen) atoms. The van der Waals surface area contributed by atoms with Gasteiger partial charge < -0.3 is 11.1 Å². The molecule has 0 spiro atoms. The van der Waals surface area contributed by atoms with Crippen LogP contribution in [0.2, 0.25) is 0 Å². The van der Waals surface area contributed by atoms with Gasteiger partial charge in [-0.1, -0.05) is 27.2 Å². The first-order valence-corrected chi connectivity index (χ1v) is 9.38. The number of amides is 1. The largest absolute Gasteiger partial charge is 0.354 e. The highest BCUT2D eigenvalue weighted by molar-refractivity contribution is 7.11. The van der Waals surface area contributed by atoms with Crippen LogP contribution >= 0.6 is 11.3 Å². The fourth-order valence-electron chi connectivity index (χ4n) is 2.88. The standard InChI is InChI=1S/C17H30N4OS/c1-17(2,3)16-20-11-14(23-16)12-21-9-5-4-6-13(21)10-19-15(22)7-8-18/h11,13H,4-10,12,18H2,1-3H3,(H,19,22). The van der Waals surface area contributed by atoms with E-state index in [0.29, 0.717) is 19.0 Å². The predicted octanol–water partition coefficient (Wildman–Crippen LogP) is 2.26. The van der Waals surface area contributed by atoms with E-state index in [1.807, 2.05) is 17.5 Å². The highest BCUT2D eigenvalue weighted by atomic mass is 32.1. The smallest absolute Gasteiger partial charge is 0.221 e. The Hall–Kier alpha value is -0.980. The Morgan fingerprint density at radius 2 is 2.26 bits per heavy atom. The van der Waals surface area contributed by atoms with Crippen molar-refractivity contribution in [2.75, 3.05) is 19.6 Å². The molecule has 1 unspecified atom stereocenters. The van der Waals surface area contributed by atoms with Gasteiger partial charge in [-0.3, -0.25) is 9.69 Å². The van der Waals surface area contributed by atoms with Gasteiger partial charge in [-0.05, 0) is 19.4 Å². The lowest BCUT2D eigenvalue weighted by Gasteiger charge is -2.35. The van der Waals surface area contributed by atoms with Gasteiger partial charge in [-0.2, -0.15) is 0 Å². The van der Waals surface area contributed by atoms with Crippen molar-refractivity contribution in [3.05, 3.63) is 16.1 Å². The molecule has 1 aliphatic heterocycles. The van der Waals surface area contributed by atoms with Gasteiger partial charge in [0.2, 0.25) is 5.91 Å². The summed E-state index contributed by atoms with van der Waals surface area (Å²) in [6.45, 7) is 9.77. The quantitative estimate of drug-likeness (QED) is 0.834. The fourth-order valence-corrected chi connectivity index (χ4v) is 3.87. The van der Waals surface area contributed by atoms with E-state index in [2.05, 4.69) is 36.0 Å². The summed E-state index contributed by atoms with van der Waals surface area (Å²) in [7, 11) is 0. The van der Waals surface area contributed by atoms with Crippen LogP contribution in [0, 0.1) is 0 Å². The number of carbonyl (C=O) groups is 1. The average molecular weight is 339 g/mol. The van der Waals surface area contributed by atoms with Crippen LogP contribution in [0.3, 0.4) is 0 Å². The second-order valence-electron chi connectivity index (χ2n) is 7.34. The molecule has 5 nitrogen and oxygen atoms in total. The summed E-state index contributed by atoms with van der Waals surface area (Å²) in [5.41, 5.74) is 5.54. The zero-order valence-corrected chi connectivity index (χ0v) is 15.4. The van der Waals surface area contributed by atoms with Crippen molar-refractivity contribution in [3.8, 4) is 0 Å². The zero-order chi connectivity index (χ0) is 16.9. The van der Waals surface area contributed by atoms with E-state index < -0.39 is 0 Å². The fraction of sp³-hybridized carbons (Fsp3) is 0.765. The Morgan fingerprint density at radius 1 is 1.48 bits per heavy atom. The number of nitrogens with zero attached hydrogens (tertiary/aromatic N) is 2. The first-order chi connectivity index (χ1) is 10.9. The van der Waals surface area contributed by atoms with Crippen molar-refractivity contribution in [3.63, 3.8) is 0 Å². The number of hydrogen-bond donors (Lipinski definition) is 2. The number of nitrogens with two attached hydrogens (primary N) is 1. The van der Waals surface area contributed by atoms with Crippen LogP contribution in [0.4, 0.5) is 0 Å². The molecule has 1 amide bonds. The summed E-state index contributed by atoms with van der Waals surface area (Å²) in [4.78, 5) is 20.0. The normalized spacial score (nSPS) is 19.7. The van der Waals surface area contributed by atoms with Gasteiger partial charge in [-0.25, -0.2) is 4.98 Å². The molecule has 0 bridgehead atoms. The first-order valence-electron chi connectivity index (χ1n) is 8.56. The van der Waals surface area contributed by atoms with Gasteiger partial charge in [0, 0.05) is 48.6 Å². The lowest BCUT2D eigenvalue weighted by atomic mass is 9.98. The predicted molar refractivity (Wildman–Crippen MR) is 95.5 cm³/mol. The maximum atomic E-state index is 11.6. The van der Waals surface area contributed by atoms with Crippen molar-refractivity contribution >= 4 is 17.2 Å². The molecule has 0 saturated carbocycles. The number of likely N-dealkylation sites (tertiary alicyclic amines) is 1. The first kappa shape index (κ1) is 18.4. The van der Waals surface area contributed by atoms with Gasteiger partial charge >= 0.3 is 0 Å². The monoisotopic (exact) mass is 338 g/mol. The molecular formula is C17H30N4OS. The summed E-state index contributed by atoms with van der Waals surface area (Å²) in [5.74, 6) is 0.0610. The molecule has 1 saturated heterocycles. The van der Waals surface area contributed by atoms with Gasteiger partial charge in [0.25, 0.3) is 0 Å². The summed E-state index contributed by atoms with van der Waals surface area (Å²) in [6.07, 6.45) is 6.05. The molecule has 1 aromatic heterocycles. The van der Waals surface area contributed by atoms with Crippen molar-refractivity contribution in [1.82, 2.24) is 15.2 Å². The van der Waals surface area contributed by atoms with Crippen LogP contribution in [0.1, 0.15) is 56.3 Å². The van der Waals surface area contributed by atoms with Gasteiger partial charge in [-0.15, -0.1) is 11.3 Å². The molecule has 0 aliphatic carbocycles. The van der Waals surface area contributed by atoms with E-state index in [1.165, 1.54) is 22.7 Å². The minimum atomic E-state index is 0.0610. The Labute approximate surface area is 143 Å². The lowest BCUT2D eigenvalue weighted by molar-refractivity contribution is -0.121. The summed E-state index contributed by atoms with van der Waals surface area (Å²) < 4.78 is 0. The SMILES string of the molecule is CC(C)(C)c1ncc(CN2CCCCC2CNC(=O)CCN)s1. The van der Waals surface area contributed by atoms with Crippen LogP contribution < -0.4 is 11.1 Å². The third-order valence-electron chi connectivity index (χ3n) is 4.21. The number of nitrogens with one attached hydrogen (secondary N) is 1. The summed E-state index contributed by atoms with van der Waals surface area (Å²) in [6, 6.07) is 0.422. The molecule has 6 heteroatoms. The third-order valence-corrected chi connectivity index (χ3v) is 5.62. The number of hydrogen-bond acceptors (Lipinski definition) is 5. The zero-order valence-electron chi connectivity index (χ0n) is 14.6. The van der Waals surface area contributed by atoms with E-state index >= 15 is 0 Å². The van der Waals surface area contributed by atoms with E-state index in [9.17, 15) is 4.79 Å². The number of carbonyl (C=O) groups excluding carboxylic acids is 1. The second kappa shape index (κ2) is 8.22. The number of rotatable bonds is 6. The third kappa shape index (κ3) is 5.55. The average Bonchev–Trinajstić information content (AvgIpc) is 2.95. The summed E-state index contributed by atoms with van der Waals surface area (Å²) in [5, 5.41) is 4.22. The maximum Gasteiger partial charge on any atom is 0.221 e. The second-order valence-corrected chi connectivity index (χ2v) is 8.46. The van der Waals surface area contributed by atoms with Crippen LogP contribution in [-0.2, 0) is 16.8 Å². The Morgan fingerprint density at radius 3 is 2.91 bits per heavy atom. The summed E-state index contributed by atoms with van der Waals surface area (Å²) >= 11 is 1.81. The van der Waals surface area contributed by atoms with Crippen LogP contribution in [0.15, 0.2) is 6.20 Å². The van der Waals surface area contributed by atoms with Gasteiger partial charge in [0.1, 0.15) is 0 Å². The van der Waals surface area contributed by atoms with E-state index in [1.54, 1.807) is 0 Å². The highest BCUT2D eigenvalue weighted by Crippen LogP contribution is 2.28. The molecule has 1 fully saturated rings. The molecule has 1 aliphatic rings. The van der Waals surface area contributed by atoms with Crippen LogP contribution in [-0.4, -0.2) is 41.5 Å². The van der Waals surface area contributed by atoms with Crippen LogP contribution in [0.25, 0.3) is 0 Å². The Kier molecular flexibility index (Phi) is 6.56. The Bertz CT molecular complexity index is 509. The molecule has 2 rings (SSSR count). The maximum absolute atomic E-state index is 11.6. The molecule has 0 radical (unpaired) electrons.